The molecule has 29 heavy (non-hydrogen) atoms. The van der Waals surface area contributed by atoms with Crippen molar-refractivity contribution in [2.45, 2.75) is 117 Å². The van der Waals surface area contributed by atoms with Crippen molar-refractivity contribution in [1.29, 1.82) is 0 Å². The van der Waals surface area contributed by atoms with Crippen molar-refractivity contribution in [2.75, 3.05) is 0 Å². The largest absolute Gasteiger partial charge is 0.381 e. The number of rotatable bonds is 5. The summed E-state index contributed by atoms with van der Waals surface area (Å²) in [4.78, 5) is 13.3. The normalized spacial score (nSPS) is 48.2. The molecule has 0 unspecified atom stereocenters. The van der Waals surface area contributed by atoms with E-state index in [1.807, 2.05) is 0 Å². The Kier molecular flexibility index (Phi) is 5.76. The molecule has 2 heteroatoms. The summed E-state index contributed by atoms with van der Waals surface area (Å²) in [5.74, 6) is 4.42. The van der Waals surface area contributed by atoms with Crippen LogP contribution < -0.4 is 0 Å². The van der Waals surface area contributed by atoms with Crippen LogP contribution in [-0.4, -0.2) is 16.5 Å². The Morgan fingerprint density at radius 3 is 2.41 bits per heavy atom. The maximum Gasteiger partial charge on any atom is 0.165 e. The van der Waals surface area contributed by atoms with Gasteiger partial charge in [-0.2, -0.15) is 0 Å². The van der Waals surface area contributed by atoms with Crippen molar-refractivity contribution < 1.29 is 9.90 Å². The molecule has 0 saturated heterocycles. The fraction of sp³-hybridized carbons (Fsp3) is 0.963. The van der Waals surface area contributed by atoms with E-state index in [1.54, 1.807) is 0 Å². The number of carbonyl (C=O) groups excluding carboxylic acids is 1. The van der Waals surface area contributed by atoms with Gasteiger partial charge < -0.3 is 5.11 Å². The first kappa shape index (κ1) is 21.8. The first-order valence-corrected chi connectivity index (χ1v) is 12.9. The van der Waals surface area contributed by atoms with Crippen LogP contribution in [0.15, 0.2) is 0 Å². The Labute approximate surface area is 179 Å². The molecule has 0 aromatic rings. The van der Waals surface area contributed by atoms with Crippen LogP contribution >= 0.6 is 0 Å². The molecule has 4 saturated carbocycles. The molecule has 0 radical (unpaired) electrons. The molecule has 0 aliphatic heterocycles. The lowest BCUT2D eigenvalue weighted by Gasteiger charge is -2.62. The molecule has 4 rings (SSSR count). The fourth-order valence-corrected chi connectivity index (χ4v) is 9.09. The lowest BCUT2D eigenvalue weighted by atomic mass is 9.43. The van der Waals surface area contributed by atoms with E-state index < -0.39 is 5.60 Å². The molecule has 4 aliphatic carbocycles. The van der Waals surface area contributed by atoms with E-state index in [9.17, 15) is 9.90 Å². The monoisotopic (exact) mass is 402 g/mol. The van der Waals surface area contributed by atoms with Gasteiger partial charge in [-0.15, -0.1) is 0 Å². The number of hydrogen-bond donors (Lipinski definition) is 1. The van der Waals surface area contributed by atoms with Crippen LogP contribution in [0.2, 0.25) is 0 Å². The van der Waals surface area contributed by atoms with Gasteiger partial charge in [0.1, 0.15) is 5.60 Å². The van der Waals surface area contributed by atoms with Crippen molar-refractivity contribution in [3.63, 3.8) is 0 Å². The molecule has 8 atom stereocenters. The maximum atomic E-state index is 13.3. The molecule has 0 aromatic heterocycles. The van der Waals surface area contributed by atoms with E-state index >= 15 is 0 Å². The van der Waals surface area contributed by atoms with E-state index in [-0.39, 0.29) is 11.2 Å². The highest BCUT2D eigenvalue weighted by atomic mass is 16.3. The van der Waals surface area contributed by atoms with Gasteiger partial charge in [0, 0.05) is 11.8 Å². The Morgan fingerprint density at radius 2 is 1.69 bits per heavy atom. The minimum atomic E-state index is -1.03. The zero-order valence-electron chi connectivity index (χ0n) is 19.8. The van der Waals surface area contributed by atoms with E-state index in [2.05, 4.69) is 34.6 Å². The van der Waals surface area contributed by atoms with Crippen LogP contribution in [-0.2, 0) is 4.79 Å². The number of hydrogen-bond acceptors (Lipinski definition) is 2. The summed E-state index contributed by atoms with van der Waals surface area (Å²) in [6.07, 6.45) is 14.0. The van der Waals surface area contributed by atoms with E-state index in [0.29, 0.717) is 36.0 Å². The summed E-state index contributed by atoms with van der Waals surface area (Å²) in [6, 6.07) is 0. The summed E-state index contributed by atoms with van der Waals surface area (Å²) in [5, 5.41) is 11.5. The number of fused-ring (bicyclic) bond motifs is 5. The third-order valence-electron chi connectivity index (χ3n) is 10.8. The summed E-state index contributed by atoms with van der Waals surface area (Å²) >= 11 is 0. The second kappa shape index (κ2) is 7.64. The van der Waals surface area contributed by atoms with Gasteiger partial charge in [0.05, 0.1) is 0 Å². The zero-order chi connectivity index (χ0) is 21.0. The highest BCUT2D eigenvalue weighted by molar-refractivity contribution is 5.89. The molecule has 2 nitrogen and oxygen atoms in total. The van der Waals surface area contributed by atoms with Crippen LogP contribution in [0.25, 0.3) is 0 Å². The molecule has 0 aromatic carbocycles. The molecule has 1 N–H and O–H groups in total. The van der Waals surface area contributed by atoms with Crippen LogP contribution in [0.3, 0.4) is 0 Å². The number of ketones is 1. The van der Waals surface area contributed by atoms with E-state index in [4.69, 9.17) is 0 Å². The van der Waals surface area contributed by atoms with Gasteiger partial charge >= 0.3 is 0 Å². The second-order valence-corrected chi connectivity index (χ2v) is 12.5. The SMILES string of the molecule is CC(C)CCC[C@H](C)[C@H]1CC[C@@H]2[C@H]3CC(=O)[C@@]4(O)CCCC[C@]4(C)[C@@H]3CC[C@@]21C. The van der Waals surface area contributed by atoms with Gasteiger partial charge in [-0.25, -0.2) is 0 Å². The van der Waals surface area contributed by atoms with Crippen molar-refractivity contribution >= 4 is 5.78 Å². The molecule has 0 amide bonds. The van der Waals surface area contributed by atoms with E-state index in [0.717, 1.165) is 30.6 Å². The Bertz CT molecular complexity index is 626. The van der Waals surface area contributed by atoms with Gasteiger partial charge in [-0.05, 0) is 79.4 Å². The first-order valence-electron chi connectivity index (χ1n) is 12.9. The third-order valence-corrected chi connectivity index (χ3v) is 10.8. The molecule has 4 aliphatic rings. The highest BCUT2D eigenvalue weighted by Crippen LogP contribution is 2.68. The number of Topliss-reactive ketones (excluding diaryl/α,β-unsaturated/α-hetero) is 1. The second-order valence-electron chi connectivity index (χ2n) is 12.5. The molecule has 166 valence electrons. The lowest BCUT2D eigenvalue weighted by Crippen LogP contribution is -2.65. The Hall–Kier alpha value is -0.370. The van der Waals surface area contributed by atoms with Gasteiger partial charge in [-0.3, -0.25) is 4.79 Å². The zero-order valence-corrected chi connectivity index (χ0v) is 19.8. The molecular weight excluding hydrogens is 356 g/mol. The number of carbonyl (C=O) groups is 1. The van der Waals surface area contributed by atoms with Gasteiger partial charge in [0.2, 0.25) is 0 Å². The molecular formula is C27H46O2. The van der Waals surface area contributed by atoms with Crippen LogP contribution in [0.5, 0.6) is 0 Å². The van der Waals surface area contributed by atoms with E-state index in [1.165, 1.54) is 51.4 Å². The quantitative estimate of drug-likeness (QED) is 0.549. The van der Waals surface area contributed by atoms with Gasteiger partial charge in [0.25, 0.3) is 0 Å². The summed E-state index contributed by atoms with van der Waals surface area (Å²) in [7, 11) is 0. The van der Waals surface area contributed by atoms with Crippen molar-refractivity contribution in [3.05, 3.63) is 0 Å². The third kappa shape index (κ3) is 3.26. The first-order chi connectivity index (χ1) is 13.6. The van der Waals surface area contributed by atoms with Crippen molar-refractivity contribution in [3.8, 4) is 0 Å². The average Bonchev–Trinajstić information content (AvgIpc) is 3.01. The minimum Gasteiger partial charge on any atom is -0.381 e. The van der Waals surface area contributed by atoms with Gasteiger partial charge in [0.15, 0.2) is 5.78 Å². The fourth-order valence-electron chi connectivity index (χ4n) is 9.09. The minimum absolute atomic E-state index is 0.173. The number of aliphatic hydroxyl groups is 1. The van der Waals surface area contributed by atoms with Crippen LogP contribution in [0.1, 0.15) is 112 Å². The Morgan fingerprint density at radius 1 is 0.966 bits per heavy atom. The maximum absolute atomic E-state index is 13.3. The molecule has 0 heterocycles. The standard InChI is InChI=1S/C27H46O2/c1-18(2)9-8-10-19(3)21-11-12-22-20-17-24(28)27(29)15-7-6-14-26(27,5)23(20)13-16-25(21,22)4/h18-23,29H,6-17H2,1-5H3/t19-,20+,21+,22+,23+,25+,26+,27-/m0/s1. The van der Waals surface area contributed by atoms with Crippen LogP contribution in [0.4, 0.5) is 0 Å². The van der Waals surface area contributed by atoms with Crippen molar-refractivity contribution in [2.24, 2.45) is 46.3 Å². The van der Waals surface area contributed by atoms with Crippen LogP contribution in [0, 0.1) is 46.3 Å². The molecule has 0 spiro atoms. The highest BCUT2D eigenvalue weighted by Gasteiger charge is 2.66. The summed E-state index contributed by atoms with van der Waals surface area (Å²) < 4.78 is 0. The Balaban J connectivity index is 1.53. The smallest absolute Gasteiger partial charge is 0.165 e. The molecule has 4 fully saturated rings. The predicted octanol–water partition coefficient (Wildman–Crippen LogP) is 6.79. The topological polar surface area (TPSA) is 37.3 Å². The predicted molar refractivity (Wildman–Crippen MR) is 120 cm³/mol. The lowest BCUT2D eigenvalue weighted by molar-refractivity contribution is -0.203. The average molecular weight is 403 g/mol. The molecule has 0 bridgehead atoms. The summed E-state index contributed by atoms with van der Waals surface area (Å²) in [6.45, 7) is 12.1. The summed E-state index contributed by atoms with van der Waals surface area (Å²) in [5.41, 5.74) is -0.783. The van der Waals surface area contributed by atoms with Gasteiger partial charge in [-0.1, -0.05) is 66.7 Å². The van der Waals surface area contributed by atoms with Crippen molar-refractivity contribution in [1.82, 2.24) is 0 Å².